The molecule has 2 heterocycles. The van der Waals surface area contributed by atoms with Gasteiger partial charge in [-0.2, -0.15) is 0 Å². The van der Waals surface area contributed by atoms with E-state index in [2.05, 4.69) is 15.9 Å². The molecule has 0 saturated heterocycles. The van der Waals surface area contributed by atoms with Crippen LogP contribution in [0.1, 0.15) is 16.1 Å². The van der Waals surface area contributed by atoms with Crippen molar-refractivity contribution < 1.29 is 14.0 Å². The Bertz CT molecular complexity index is 711. The Morgan fingerprint density at radius 1 is 1.25 bits per heavy atom. The lowest BCUT2D eigenvalue weighted by molar-refractivity contribution is -0.130. The van der Waals surface area contributed by atoms with Crippen molar-refractivity contribution in [1.29, 1.82) is 0 Å². The molecular weight excluding hydrogens is 327 g/mol. The van der Waals surface area contributed by atoms with Crippen LogP contribution in [-0.4, -0.2) is 21.3 Å². The van der Waals surface area contributed by atoms with E-state index < -0.39 is 11.7 Å². The van der Waals surface area contributed by atoms with Crippen molar-refractivity contribution in [2.45, 2.75) is 13.1 Å². The first kappa shape index (κ1) is 13.1. The first-order valence-corrected chi connectivity index (χ1v) is 6.79. The Labute approximate surface area is 122 Å². The van der Waals surface area contributed by atoms with Gasteiger partial charge in [0.2, 0.25) is 5.91 Å². The maximum Gasteiger partial charge on any atom is 0.277 e. The number of fused-ring (bicyclic) bond motifs is 1. The third kappa shape index (κ3) is 2.16. The molecule has 0 saturated carbocycles. The van der Waals surface area contributed by atoms with Crippen LogP contribution in [0.15, 0.2) is 41.0 Å². The molecule has 1 aliphatic rings. The fourth-order valence-corrected chi connectivity index (χ4v) is 2.54. The normalized spacial score (nSPS) is 14.6. The van der Waals surface area contributed by atoms with Crippen molar-refractivity contribution in [3.8, 4) is 0 Å². The zero-order valence-corrected chi connectivity index (χ0v) is 11.9. The number of imide groups is 1. The summed E-state index contributed by atoms with van der Waals surface area (Å²) in [5.41, 5.74) is 0.761. The van der Waals surface area contributed by atoms with Gasteiger partial charge in [0.1, 0.15) is 18.1 Å². The van der Waals surface area contributed by atoms with Gasteiger partial charge in [-0.05, 0) is 24.3 Å². The minimum absolute atomic E-state index is 0.0536. The van der Waals surface area contributed by atoms with Crippen LogP contribution >= 0.6 is 15.9 Å². The summed E-state index contributed by atoms with van der Waals surface area (Å²) in [6, 6.07) is 7.93. The van der Waals surface area contributed by atoms with Crippen LogP contribution in [0.4, 0.5) is 4.39 Å². The molecule has 0 bridgehead atoms. The monoisotopic (exact) mass is 336 g/mol. The van der Waals surface area contributed by atoms with Gasteiger partial charge < -0.3 is 4.57 Å². The van der Waals surface area contributed by atoms with Gasteiger partial charge in [-0.1, -0.05) is 22.0 Å². The van der Waals surface area contributed by atoms with Crippen molar-refractivity contribution in [3.63, 3.8) is 0 Å². The van der Waals surface area contributed by atoms with E-state index in [4.69, 9.17) is 0 Å². The first-order chi connectivity index (χ1) is 9.56. The third-order valence-electron chi connectivity index (χ3n) is 3.24. The molecule has 1 aromatic heterocycles. The summed E-state index contributed by atoms with van der Waals surface area (Å²) >= 11 is 3.17. The van der Waals surface area contributed by atoms with E-state index in [1.165, 1.54) is 6.07 Å². The van der Waals surface area contributed by atoms with E-state index in [9.17, 15) is 14.0 Å². The number of hydrogen-bond donors (Lipinski definition) is 0. The molecule has 0 atom stereocenters. The van der Waals surface area contributed by atoms with Crippen LogP contribution in [0.3, 0.4) is 0 Å². The van der Waals surface area contributed by atoms with Crippen LogP contribution < -0.4 is 0 Å². The summed E-state index contributed by atoms with van der Waals surface area (Å²) in [6.07, 6.45) is 1.68. The minimum atomic E-state index is -0.444. The molecular formula is C14H10BrFN2O2. The van der Waals surface area contributed by atoms with E-state index in [1.54, 1.807) is 35.0 Å². The van der Waals surface area contributed by atoms with E-state index in [1.807, 2.05) is 0 Å². The third-order valence-corrected chi connectivity index (χ3v) is 3.74. The van der Waals surface area contributed by atoms with Crippen LogP contribution in [0.25, 0.3) is 0 Å². The topological polar surface area (TPSA) is 42.3 Å². The summed E-state index contributed by atoms with van der Waals surface area (Å²) in [7, 11) is 0. The maximum atomic E-state index is 13.8. The molecule has 1 aromatic carbocycles. The summed E-state index contributed by atoms with van der Waals surface area (Å²) in [5, 5.41) is 0. The molecule has 0 unspecified atom stereocenters. The number of carbonyl (C=O) groups excluding carboxylic acids is 2. The predicted molar refractivity (Wildman–Crippen MR) is 73.4 cm³/mol. The highest BCUT2D eigenvalue weighted by Crippen LogP contribution is 2.20. The molecule has 3 rings (SSSR count). The highest BCUT2D eigenvalue weighted by molar-refractivity contribution is 9.10. The lowest BCUT2D eigenvalue weighted by atomic mass is 10.1. The number of aromatic nitrogens is 1. The fourth-order valence-electron chi connectivity index (χ4n) is 2.21. The molecule has 0 aliphatic carbocycles. The molecule has 0 spiro atoms. The average molecular weight is 337 g/mol. The second-order valence-electron chi connectivity index (χ2n) is 4.54. The van der Waals surface area contributed by atoms with Gasteiger partial charge in [0, 0.05) is 16.2 Å². The number of nitrogens with zero attached hydrogens (tertiary/aromatic N) is 2. The molecule has 0 fully saturated rings. The second kappa shape index (κ2) is 4.86. The van der Waals surface area contributed by atoms with Gasteiger partial charge >= 0.3 is 0 Å². The van der Waals surface area contributed by atoms with Crippen molar-refractivity contribution in [3.05, 3.63) is 58.1 Å². The van der Waals surface area contributed by atoms with Crippen LogP contribution in [-0.2, 0) is 17.9 Å². The number of carbonyl (C=O) groups is 2. The average Bonchev–Trinajstić information content (AvgIpc) is 2.85. The highest BCUT2D eigenvalue weighted by Gasteiger charge is 2.31. The van der Waals surface area contributed by atoms with Gasteiger partial charge in [-0.3, -0.25) is 14.5 Å². The summed E-state index contributed by atoms with van der Waals surface area (Å²) in [5.74, 6) is -1.17. The molecule has 6 heteroatoms. The molecule has 0 radical (unpaired) electrons. The standard InChI is InChI=1S/C14H10BrFN2O2/c15-10-4-3-9(11(16)6-10)7-18-13(19)8-17-5-1-2-12(17)14(18)20/h1-6H,7-8H2. The van der Waals surface area contributed by atoms with Crippen LogP contribution in [0.5, 0.6) is 0 Å². The van der Waals surface area contributed by atoms with E-state index in [0.717, 1.165) is 4.90 Å². The fraction of sp³-hybridized carbons (Fsp3) is 0.143. The van der Waals surface area contributed by atoms with E-state index in [-0.39, 0.29) is 19.0 Å². The lowest BCUT2D eigenvalue weighted by Gasteiger charge is -2.26. The molecule has 2 amide bonds. The quantitative estimate of drug-likeness (QED) is 0.791. The first-order valence-electron chi connectivity index (χ1n) is 6.00. The SMILES string of the molecule is O=C1Cn2cccc2C(=O)N1Cc1ccc(Br)cc1F. The largest absolute Gasteiger partial charge is 0.334 e. The molecule has 1 aliphatic heterocycles. The number of amides is 2. The number of benzene rings is 1. The Hall–Kier alpha value is -1.95. The van der Waals surface area contributed by atoms with E-state index >= 15 is 0 Å². The summed E-state index contributed by atoms with van der Waals surface area (Å²) < 4.78 is 16.0. The van der Waals surface area contributed by atoms with Gasteiger partial charge in [0.15, 0.2) is 0 Å². The lowest BCUT2D eigenvalue weighted by Crippen LogP contribution is -2.44. The molecule has 102 valence electrons. The van der Waals surface area contributed by atoms with Gasteiger partial charge in [-0.25, -0.2) is 4.39 Å². The van der Waals surface area contributed by atoms with Crippen LogP contribution in [0, 0.1) is 5.82 Å². The zero-order chi connectivity index (χ0) is 14.3. The Kier molecular flexibility index (Phi) is 3.17. The Morgan fingerprint density at radius 2 is 2.05 bits per heavy atom. The van der Waals surface area contributed by atoms with Crippen molar-refractivity contribution in [2.75, 3.05) is 0 Å². The smallest absolute Gasteiger partial charge is 0.277 e. The molecule has 2 aromatic rings. The molecule has 0 N–H and O–H groups in total. The van der Waals surface area contributed by atoms with Crippen molar-refractivity contribution >= 4 is 27.7 Å². The number of halogens is 2. The zero-order valence-electron chi connectivity index (χ0n) is 10.3. The summed E-state index contributed by atoms with van der Waals surface area (Å²) in [6.45, 7) is 0.0498. The second-order valence-corrected chi connectivity index (χ2v) is 5.46. The molecule has 4 nitrogen and oxygen atoms in total. The van der Waals surface area contributed by atoms with E-state index in [0.29, 0.717) is 15.7 Å². The summed E-state index contributed by atoms with van der Waals surface area (Å²) in [4.78, 5) is 25.3. The van der Waals surface area contributed by atoms with Gasteiger partial charge in [0.25, 0.3) is 5.91 Å². The van der Waals surface area contributed by atoms with Gasteiger partial charge in [0.05, 0.1) is 6.54 Å². The minimum Gasteiger partial charge on any atom is -0.334 e. The highest BCUT2D eigenvalue weighted by atomic mass is 79.9. The molecule has 20 heavy (non-hydrogen) atoms. The maximum absolute atomic E-state index is 13.8. The Morgan fingerprint density at radius 3 is 2.80 bits per heavy atom. The number of rotatable bonds is 2. The van der Waals surface area contributed by atoms with Gasteiger partial charge in [-0.15, -0.1) is 0 Å². The Balaban J connectivity index is 1.91. The van der Waals surface area contributed by atoms with Crippen LogP contribution in [0.2, 0.25) is 0 Å². The van der Waals surface area contributed by atoms with Crippen molar-refractivity contribution in [2.24, 2.45) is 0 Å². The number of hydrogen-bond acceptors (Lipinski definition) is 2. The predicted octanol–water partition coefficient (Wildman–Crippen LogP) is 2.57. The van der Waals surface area contributed by atoms with Crippen molar-refractivity contribution in [1.82, 2.24) is 9.47 Å².